The van der Waals surface area contributed by atoms with Crippen LogP contribution in [0.1, 0.15) is 27.8 Å². The summed E-state index contributed by atoms with van der Waals surface area (Å²) < 4.78 is 10.5. The lowest BCUT2D eigenvalue weighted by atomic mass is 10.2. The van der Waals surface area contributed by atoms with Gasteiger partial charge in [-0.25, -0.2) is 4.79 Å². The summed E-state index contributed by atoms with van der Waals surface area (Å²) in [6.07, 6.45) is -1.12. The van der Waals surface area contributed by atoms with E-state index in [2.05, 4.69) is 10.9 Å². The van der Waals surface area contributed by atoms with Crippen molar-refractivity contribution in [2.45, 2.75) is 13.0 Å². The summed E-state index contributed by atoms with van der Waals surface area (Å²) in [5, 5.41) is 0.756. The van der Waals surface area contributed by atoms with Gasteiger partial charge < -0.3 is 9.15 Å². The van der Waals surface area contributed by atoms with E-state index in [0.717, 1.165) is 5.39 Å². The number of fused-ring (bicyclic) bond motifs is 1. The normalized spacial score (nSPS) is 11.6. The van der Waals surface area contributed by atoms with Crippen molar-refractivity contribution in [2.75, 3.05) is 0 Å². The highest BCUT2D eigenvalue weighted by atomic mass is 16.6. The van der Waals surface area contributed by atoms with Gasteiger partial charge in [-0.05, 0) is 31.2 Å². The van der Waals surface area contributed by atoms with Crippen molar-refractivity contribution >= 4 is 28.8 Å². The molecule has 3 aromatic rings. The Hall–Kier alpha value is -3.61. The number of nitrogens with one attached hydrogen (secondary N) is 2. The molecule has 2 aromatic carbocycles. The molecule has 26 heavy (non-hydrogen) atoms. The highest BCUT2D eigenvalue weighted by Crippen LogP contribution is 2.19. The molecule has 0 aliphatic heterocycles. The summed E-state index contributed by atoms with van der Waals surface area (Å²) in [5.41, 5.74) is 5.42. The van der Waals surface area contributed by atoms with E-state index in [1.807, 2.05) is 6.07 Å². The quantitative estimate of drug-likeness (QED) is 0.555. The molecular formula is C19H16N2O5. The molecule has 7 heteroatoms. The van der Waals surface area contributed by atoms with Gasteiger partial charge in [-0.1, -0.05) is 36.4 Å². The molecule has 0 aliphatic carbocycles. The first-order valence-corrected chi connectivity index (χ1v) is 7.89. The molecule has 7 nitrogen and oxygen atoms in total. The zero-order chi connectivity index (χ0) is 18.5. The minimum absolute atomic E-state index is 0.000767. The summed E-state index contributed by atoms with van der Waals surface area (Å²) in [7, 11) is 0. The Morgan fingerprint density at radius 2 is 1.65 bits per heavy atom. The molecule has 0 aliphatic rings. The smallest absolute Gasteiger partial charge is 0.375 e. The van der Waals surface area contributed by atoms with Crippen LogP contribution in [0.3, 0.4) is 0 Å². The SMILES string of the molecule is C[C@@H](OC(=O)c1cc2ccccc2o1)C(=O)NNC(=O)c1ccccc1. The number of carbonyl (C=O) groups is 3. The van der Waals surface area contributed by atoms with E-state index in [4.69, 9.17) is 9.15 Å². The third kappa shape index (κ3) is 3.89. The van der Waals surface area contributed by atoms with Crippen LogP contribution < -0.4 is 10.9 Å². The van der Waals surface area contributed by atoms with E-state index in [9.17, 15) is 14.4 Å². The molecule has 132 valence electrons. The molecule has 0 unspecified atom stereocenters. The number of para-hydroxylation sites is 1. The van der Waals surface area contributed by atoms with E-state index in [1.54, 1.807) is 54.6 Å². The van der Waals surface area contributed by atoms with Gasteiger partial charge in [-0.15, -0.1) is 0 Å². The predicted octanol–water partition coefficient (Wildman–Crippen LogP) is 2.44. The van der Waals surface area contributed by atoms with Gasteiger partial charge in [0.2, 0.25) is 5.76 Å². The number of hydrogen-bond donors (Lipinski definition) is 2. The van der Waals surface area contributed by atoms with E-state index in [1.165, 1.54) is 6.92 Å². The Kier molecular flexibility index (Phi) is 4.98. The van der Waals surface area contributed by atoms with Crippen LogP contribution in [0.5, 0.6) is 0 Å². The maximum atomic E-state index is 12.1. The molecule has 0 bridgehead atoms. The van der Waals surface area contributed by atoms with Crippen LogP contribution in [0, 0.1) is 0 Å². The van der Waals surface area contributed by atoms with Gasteiger partial charge in [0.05, 0.1) is 0 Å². The van der Waals surface area contributed by atoms with Crippen molar-refractivity contribution in [3.8, 4) is 0 Å². The number of hydrogen-bond acceptors (Lipinski definition) is 5. The summed E-state index contributed by atoms with van der Waals surface area (Å²) in [6.45, 7) is 1.39. The van der Waals surface area contributed by atoms with Gasteiger partial charge in [0.1, 0.15) is 5.58 Å². The van der Waals surface area contributed by atoms with Crippen LogP contribution in [0.15, 0.2) is 65.1 Å². The van der Waals surface area contributed by atoms with Gasteiger partial charge in [0, 0.05) is 10.9 Å². The predicted molar refractivity (Wildman–Crippen MR) is 93.1 cm³/mol. The first-order chi connectivity index (χ1) is 12.5. The van der Waals surface area contributed by atoms with Crippen LogP contribution >= 0.6 is 0 Å². The van der Waals surface area contributed by atoms with Crippen LogP contribution in [0.4, 0.5) is 0 Å². The third-order valence-corrected chi connectivity index (χ3v) is 3.61. The fraction of sp³-hybridized carbons (Fsp3) is 0.105. The largest absolute Gasteiger partial charge is 0.449 e. The minimum atomic E-state index is -1.12. The molecule has 2 N–H and O–H groups in total. The highest BCUT2D eigenvalue weighted by Gasteiger charge is 2.22. The number of benzene rings is 2. The van der Waals surface area contributed by atoms with Gasteiger partial charge in [-0.2, -0.15) is 0 Å². The standard InChI is InChI=1S/C19H16N2O5/c1-12(17(22)20-21-18(23)13-7-3-2-4-8-13)25-19(24)16-11-14-9-5-6-10-15(14)26-16/h2-12H,1H3,(H,20,22)(H,21,23)/t12-/m1/s1. The Morgan fingerprint density at radius 1 is 0.962 bits per heavy atom. The molecule has 1 heterocycles. The number of rotatable bonds is 4. The summed E-state index contributed by atoms with van der Waals surface area (Å²) >= 11 is 0. The van der Waals surface area contributed by atoms with E-state index in [-0.39, 0.29) is 5.76 Å². The molecule has 0 radical (unpaired) electrons. The lowest BCUT2D eigenvalue weighted by Gasteiger charge is -2.13. The number of ether oxygens (including phenoxy) is 1. The first kappa shape index (κ1) is 17.2. The number of furan rings is 1. The maximum Gasteiger partial charge on any atom is 0.375 e. The van der Waals surface area contributed by atoms with Crippen molar-refractivity contribution < 1.29 is 23.5 Å². The Balaban J connectivity index is 1.55. The molecule has 0 saturated heterocycles. The number of amides is 2. The summed E-state index contributed by atoms with van der Waals surface area (Å²) in [4.78, 5) is 36.0. The van der Waals surface area contributed by atoms with Crippen molar-refractivity contribution in [3.05, 3.63) is 72.0 Å². The van der Waals surface area contributed by atoms with Crippen molar-refractivity contribution in [1.82, 2.24) is 10.9 Å². The maximum absolute atomic E-state index is 12.1. The molecule has 0 spiro atoms. The van der Waals surface area contributed by atoms with Crippen molar-refractivity contribution in [2.24, 2.45) is 0 Å². The lowest BCUT2D eigenvalue weighted by molar-refractivity contribution is -0.129. The average Bonchev–Trinajstić information content (AvgIpc) is 3.10. The second kappa shape index (κ2) is 7.52. The van der Waals surface area contributed by atoms with Crippen LogP contribution in [-0.4, -0.2) is 23.9 Å². The summed E-state index contributed by atoms with van der Waals surface area (Å²) in [5.74, 6) is -1.91. The number of esters is 1. The monoisotopic (exact) mass is 352 g/mol. The summed E-state index contributed by atoms with van der Waals surface area (Å²) in [6, 6.07) is 17.0. The minimum Gasteiger partial charge on any atom is -0.449 e. The van der Waals surface area contributed by atoms with Crippen LogP contribution in [0.2, 0.25) is 0 Å². The zero-order valence-corrected chi connectivity index (χ0v) is 13.9. The van der Waals surface area contributed by atoms with E-state index < -0.39 is 23.9 Å². The van der Waals surface area contributed by atoms with Gasteiger partial charge >= 0.3 is 5.97 Å². The highest BCUT2D eigenvalue weighted by molar-refractivity contribution is 5.97. The van der Waals surface area contributed by atoms with Crippen molar-refractivity contribution in [3.63, 3.8) is 0 Å². The third-order valence-electron chi connectivity index (χ3n) is 3.61. The molecule has 1 aromatic heterocycles. The molecule has 2 amide bonds. The van der Waals surface area contributed by atoms with Crippen molar-refractivity contribution in [1.29, 1.82) is 0 Å². The molecular weight excluding hydrogens is 336 g/mol. The fourth-order valence-corrected chi connectivity index (χ4v) is 2.24. The fourth-order valence-electron chi connectivity index (χ4n) is 2.24. The molecule has 0 saturated carbocycles. The number of hydrazine groups is 1. The Bertz CT molecular complexity index is 916. The van der Waals surface area contributed by atoms with E-state index >= 15 is 0 Å². The molecule has 3 rings (SSSR count). The first-order valence-electron chi connectivity index (χ1n) is 7.89. The Morgan fingerprint density at radius 3 is 2.38 bits per heavy atom. The van der Waals surface area contributed by atoms with Gasteiger partial charge in [0.15, 0.2) is 6.10 Å². The van der Waals surface area contributed by atoms with Crippen LogP contribution in [0.25, 0.3) is 11.0 Å². The topological polar surface area (TPSA) is 97.6 Å². The van der Waals surface area contributed by atoms with Gasteiger partial charge in [0.25, 0.3) is 11.8 Å². The second-order valence-corrected chi connectivity index (χ2v) is 5.51. The second-order valence-electron chi connectivity index (χ2n) is 5.51. The van der Waals surface area contributed by atoms with Crippen LogP contribution in [-0.2, 0) is 9.53 Å². The van der Waals surface area contributed by atoms with Gasteiger partial charge in [-0.3, -0.25) is 20.4 Å². The molecule has 0 fully saturated rings. The number of carbonyl (C=O) groups excluding carboxylic acids is 3. The van der Waals surface area contributed by atoms with E-state index in [0.29, 0.717) is 11.1 Å². The Labute approximate surface area is 148 Å². The zero-order valence-electron chi connectivity index (χ0n) is 13.9. The lowest BCUT2D eigenvalue weighted by Crippen LogP contribution is -2.46. The average molecular weight is 352 g/mol. The molecule has 1 atom stereocenters.